The Kier molecular flexibility index (Phi) is 4.88. The summed E-state index contributed by atoms with van der Waals surface area (Å²) in [6, 6.07) is 22.1. The third kappa shape index (κ3) is 3.27. The molecule has 0 bridgehead atoms. The number of primary amides is 1. The largest absolute Gasteiger partial charge is 0.368 e. The number of carbonyl (C=O) groups excluding carboxylic acids is 2. The van der Waals surface area contributed by atoms with E-state index in [-0.39, 0.29) is 12.3 Å². The monoisotopic (exact) mass is 390 g/mol. The van der Waals surface area contributed by atoms with Gasteiger partial charge in [-0.3, -0.25) is 9.59 Å². The summed E-state index contributed by atoms with van der Waals surface area (Å²) in [6.45, 7) is 0. The number of benzene rings is 3. The molecule has 0 unspecified atom stereocenters. The minimum Gasteiger partial charge on any atom is -0.368 e. The van der Waals surface area contributed by atoms with Gasteiger partial charge in [0.25, 0.3) is 0 Å². The van der Waals surface area contributed by atoms with Crippen molar-refractivity contribution < 1.29 is 9.59 Å². The molecule has 0 saturated heterocycles. The summed E-state index contributed by atoms with van der Waals surface area (Å²) in [7, 11) is 0. The molecular formula is C23H19ClN2O2. The van der Waals surface area contributed by atoms with E-state index in [1.165, 1.54) is 0 Å². The molecule has 4 nitrogen and oxygen atoms in total. The van der Waals surface area contributed by atoms with Gasteiger partial charge in [0.2, 0.25) is 11.8 Å². The molecule has 3 aromatic rings. The Morgan fingerprint density at radius 2 is 1.43 bits per heavy atom. The van der Waals surface area contributed by atoms with Gasteiger partial charge in [-0.25, -0.2) is 0 Å². The maximum Gasteiger partial charge on any atom is 0.240 e. The zero-order valence-corrected chi connectivity index (χ0v) is 15.8. The van der Waals surface area contributed by atoms with E-state index in [1.807, 2.05) is 66.7 Å². The number of hydrogen-bond acceptors (Lipinski definition) is 2. The van der Waals surface area contributed by atoms with Crippen LogP contribution in [0.1, 0.15) is 22.6 Å². The summed E-state index contributed by atoms with van der Waals surface area (Å²) in [4.78, 5) is 25.2. The molecule has 0 aliphatic heterocycles. The normalized spacial score (nSPS) is 13.5. The van der Waals surface area contributed by atoms with E-state index in [4.69, 9.17) is 17.3 Å². The number of hydrogen-bond donors (Lipinski definition) is 2. The lowest BCUT2D eigenvalue weighted by molar-refractivity contribution is -0.127. The van der Waals surface area contributed by atoms with Crippen LogP contribution in [-0.4, -0.2) is 17.9 Å². The van der Waals surface area contributed by atoms with Gasteiger partial charge in [0.1, 0.15) is 6.04 Å². The minimum atomic E-state index is -0.840. The summed E-state index contributed by atoms with van der Waals surface area (Å²) in [5.41, 5.74) is 10.3. The molecular weight excluding hydrogens is 372 g/mol. The van der Waals surface area contributed by atoms with E-state index >= 15 is 0 Å². The standard InChI is InChI=1S/C23H19ClN2O2/c24-19-12-6-1-7-14(19)13-20(22(25)27)26-23(28)21-17-10-4-2-8-15(17)16-9-3-5-11-18(16)21/h1-12,20-21H,13H2,(H2,25,27)(H,26,28)/t20-/m0/s1. The SMILES string of the molecule is NC(=O)[C@H](Cc1ccccc1Cl)NC(=O)C1c2ccccc2-c2ccccc21. The van der Waals surface area contributed by atoms with Crippen molar-refractivity contribution in [3.63, 3.8) is 0 Å². The average Bonchev–Trinajstić information content (AvgIpc) is 3.03. The molecule has 1 aliphatic rings. The van der Waals surface area contributed by atoms with Crippen LogP contribution in [0.5, 0.6) is 0 Å². The number of rotatable bonds is 5. The first-order valence-electron chi connectivity index (χ1n) is 9.07. The molecule has 1 aliphatic carbocycles. The summed E-state index contributed by atoms with van der Waals surface area (Å²) >= 11 is 6.21. The van der Waals surface area contributed by atoms with Crippen LogP contribution >= 0.6 is 11.6 Å². The fourth-order valence-corrected chi connectivity index (χ4v) is 4.01. The molecule has 0 aromatic heterocycles. The van der Waals surface area contributed by atoms with Crippen LogP contribution in [0, 0.1) is 0 Å². The quantitative estimate of drug-likeness (QED) is 0.697. The number of nitrogens with two attached hydrogens (primary N) is 1. The Morgan fingerprint density at radius 1 is 0.893 bits per heavy atom. The van der Waals surface area contributed by atoms with E-state index in [0.717, 1.165) is 27.8 Å². The first-order valence-corrected chi connectivity index (χ1v) is 9.45. The van der Waals surface area contributed by atoms with Gasteiger partial charge >= 0.3 is 0 Å². The second-order valence-corrected chi connectivity index (χ2v) is 7.27. The maximum absolute atomic E-state index is 13.2. The topological polar surface area (TPSA) is 72.2 Å². The van der Waals surface area contributed by atoms with E-state index in [1.54, 1.807) is 6.07 Å². The number of nitrogens with one attached hydrogen (secondary N) is 1. The molecule has 0 saturated carbocycles. The smallest absolute Gasteiger partial charge is 0.240 e. The fraction of sp³-hybridized carbons (Fsp3) is 0.130. The van der Waals surface area contributed by atoms with Crippen molar-refractivity contribution in [1.29, 1.82) is 0 Å². The Balaban J connectivity index is 1.63. The van der Waals surface area contributed by atoms with E-state index in [2.05, 4.69) is 5.32 Å². The molecule has 140 valence electrons. The van der Waals surface area contributed by atoms with Crippen LogP contribution in [-0.2, 0) is 16.0 Å². The predicted octanol–water partition coefficient (Wildman–Crippen LogP) is 3.67. The molecule has 0 heterocycles. The zero-order valence-electron chi connectivity index (χ0n) is 15.1. The van der Waals surface area contributed by atoms with Crippen molar-refractivity contribution in [1.82, 2.24) is 5.32 Å². The second kappa shape index (κ2) is 7.49. The Labute approximate surface area is 168 Å². The maximum atomic E-state index is 13.2. The van der Waals surface area contributed by atoms with Gasteiger partial charge < -0.3 is 11.1 Å². The molecule has 4 rings (SSSR count). The molecule has 5 heteroatoms. The number of amides is 2. The highest BCUT2D eigenvalue weighted by Crippen LogP contribution is 2.44. The van der Waals surface area contributed by atoms with Crippen molar-refractivity contribution >= 4 is 23.4 Å². The van der Waals surface area contributed by atoms with Crippen LogP contribution in [0.3, 0.4) is 0 Å². The molecule has 0 spiro atoms. The predicted molar refractivity (Wildman–Crippen MR) is 110 cm³/mol. The molecule has 1 atom stereocenters. The molecule has 0 radical (unpaired) electrons. The second-order valence-electron chi connectivity index (χ2n) is 6.87. The van der Waals surface area contributed by atoms with Gasteiger partial charge in [0, 0.05) is 11.4 Å². The van der Waals surface area contributed by atoms with Crippen LogP contribution in [0.15, 0.2) is 72.8 Å². The highest BCUT2D eigenvalue weighted by molar-refractivity contribution is 6.31. The first-order chi connectivity index (χ1) is 13.6. The van der Waals surface area contributed by atoms with E-state index in [0.29, 0.717) is 5.02 Å². The number of halogens is 1. The van der Waals surface area contributed by atoms with Crippen molar-refractivity contribution in [2.45, 2.75) is 18.4 Å². The van der Waals surface area contributed by atoms with Gasteiger partial charge in [0.05, 0.1) is 5.92 Å². The number of carbonyl (C=O) groups is 2. The zero-order chi connectivity index (χ0) is 19.7. The van der Waals surface area contributed by atoms with Gasteiger partial charge in [-0.05, 0) is 33.9 Å². The van der Waals surface area contributed by atoms with Gasteiger partial charge in [-0.2, -0.15) is 0 Å². The first kappa shape index (κ1) is 18.3. The molecule has 2 amide bonds. The van der Waals surface area contributed by atoms with Gasteiger partial charge in [-0.15, -0.1) is 0 Å². The fourth-order valence-electron chi connectivity index (χ4n) is 3.80. The van der Waals surface area contributed by atoms with E-state index < -0.39 is 17.9 Å². The van der Waals surface area contributed by atoms with Crippen LogP contribution < -0.4 is 11.1 Å². The summed E-state index contributed by atoms with van der Waals surface area (Å²) in [6.07, 6.45) is 0.247. The Morgan fingerprint density at radius 3 is 2.00 bits per heavy atom. The molecule has 0 fully saturated rings. The van der Waals surface area contributed by atoms with E-state index in [9.17, 15) is 9.59 Å². The highest BCUT2D eigenvalue weighted by Gasteiger charge is 2.35. The van der Waals surface area contributed by atoms with Crippen molar-refractivity contribution in [2.24, 2.45) is 5.73 Å². The molecule has 3 aromatic carbocycles. The lowest BCUT2D eigenvalue weighted by atomic mass is 9.95. The lowest BCUT2D eigenvalue weighted by Crippen LogP contribution is -2.47. The Hall–Kier alpha value is -3.11. The third-order valence-corrected chi connectivity index (χ3v) is 5.51. The number of fused-ring (bicyclic) bond motifs is 3. The summed E-state index contributed by atoms with van der Waals surface area (Å²) < 4.78 is 0. The minimum absolute atomic E-state index is 0.242. The average molecular weight is 391 g/mol. The molecule has 3 N–H and O–H groups in total. The Bertz CT molecular complexity index is 1020. The third-order valence-electron chi connectivity index (χ3n) is 5.14. The highest BCUT2D eigenvalue weighted by atomic mass is 35.5. The van der Waals surface area contributed by atoms with Gasteiger partial charge in [0.15, 0.2) is 0 Å². The lowest BCUT2D eigenvalue weighted by Gasteiger charge is -2.20. The molecule has 28 heavy (non-hydrogen) atoms. The van der Waals surface area contributed by atoms with Crippen molar-refractivity contribution in [2.75, 3.05) is 0 Å². The summed E-state index contributed by atoms with van der Waals surface area (Å²) in [5, 5.41) is 3.39. The van der Waals surface area contributed by atoms with Crippen LogP contribution in [0.4, 0.5) is 0 Å². The van der Waals surface area contributed by atoms with Gasteiger partial charge in [-0.1, -0.05) is 78.3 Å². The van der Waals surface area contributed by atoms with Crippen LogP contribution in [0.2, 0.25) is 5.02 Å². The van der Waals surface area contributed by atoms with Crippen molar-refractivity contribution in [3.05, 3.63) is 94.5 Å². The van der Waals surface area contributed by atoms with Crippen LogP contribution in [0.25, 0.3) is 11.1 Å². The summed E-state index contributed by atoms with van der Waals surface area (Å²) in [5.74, 6) is -1.30. The van der Waals surface area contributed by atoms with Crippen molar-refractivity contribution in [3.8, 4) is 11.1 Å².